The Morgan fingerprint density at radius 3 is 2.35 bits per heavy atom. The Kier molecular flexibility index (Phi) is 6.16. The first-order chi connectivity index (χ1) is 11.0. The van der Waals surface area contributed by atoms with Gasteiger partial charge in [-0.1, -0.05) is 49.0 Å². The number of nitrogens with zero attached hydrogens (tertiary/aromatic N) is 2. The summed E-state index contributed by atoms with van der Waals surface area (Å²) in [6.07, 6.45) is 0.731. The molecular weight excluding hydrogens is 306 g/mol. The Morgan fingerprint density at radius 2 is 1.78 bits per heavy atom. The Bertz CT molecular complexity index is 640. The SMILES string of the molecule is CC[C@H](Sc1nc(C)cc(C)n1)C(=O)N[C@@H](C)c1ccccc1. The van der Waals surface area contributed by atoms with Gasteiger partial charge in [0.05, 0.1) is 11.3 Å². The van der Waals surface area contributed by atoms with Gasteiger partial charge in [-0.05, 0) is 38.8 Å². The fourth-order valence-electron chi connectivity index (χ4n) is 2.33. The molecule has 1 amide bonds. The molecule has 1 aromatic carbocycles. The van der Waals surface area contributed by atoms with Crippen LogP contribution in [0.1, 0.15) is 43.3 Å². The number of carbonyl (C=O) groups is 1. The van der Waals surface area contributed by atoms with Crippen molar-refractivity contribution in [1.29, 1.82) is 0 Å². The molecule has 122 valence electrons. The van der Waals surface area contributed by atoms with Crippen molar-refractivity contribution < 1.29 is 4.79 Å². The molecule has 0 unspecified atom stereocenters. The Hall–Kier alpha value is -1.88. The molecule has 0 spiro atoms. The van der Waals surface area contributed by atoms with Gasteiger partial charge in [0.1, 0.15) is 0 Å². The van der Waals surface area contributed by atoms with Gasteiger partial charge in [-0.2, -0.15) is 0 Å². The van der Waals surface area contributed by atoms with E-state index >= 15 is 0 Å². The summed E-state index contributed by atoms with van der Waals surface area (Å²) in [4.78, 5) is 21.4. The molecule has 1 N–H and O–H groups in total. The molecular formula is C18H23N3OS. The number of aryl methyl sites for hydroxylation is 2. The highest BCUT2D eigenvalue weighted by Gasteiger charge is 2.21. The van der Waals surface area contributed by atoms with Gasteiger partial charge >= 0.3 is 0 Å². The third kappa shape index (κ3) is 5.06. The minimum absolute atomic E-state index is 0.0153. The topological polar surface area (TPSA) is 54.9 Å². The predicted molar refractivity (Wildman–Crippen MR) is 94.4 cm³/mol. The molecule has 1 aromatic heterocycles. The number of carbonyl (C=O) groups excluding carboxylic acids is 1. The van der Waals surface area contributed by atoms with Crippen LogP contribution in [0.3, 0.4) is 0 Å². The standard InChI is InChI=1S/C18H23N3OS/c1-5-16(23-18-19-12(2)11-13(3)20-18)17(22)21-14(4)15-9-7-6-8-10-15/h6-11,14,16H,5H2,1-4H3,(H,21,22)/t14-,16-/m0/s1. The van der Waals surface area contributed by atoms with Gasteiger partial charge in [-0.25, -0.2) is 9.97 Å². The number of nitrogens with one attached hydrogen (secondary N) is 1. The lowest BCUT2D eigenvalue weighted by molar-refractivity contribution is -0.121. The monoisotopic (exact) mass is 329 g/mol. The quantitative estimate of drug-likeness (QED) is 0.646. The van der Waals surface area contributed by atoms with Crippen molar-refractivity contribution in [2.24, 2.45) is 0 Å². The van der Waals surface area contributed by atoms with E-state index < -0.39 is 0 Å². The highest BCUT2D eigenvalue weighted by atomic mass is 32.2. The summed E-state index contributed by atoms with van der Waals surface area (Å²) in [5.74, 6) is 0.0246. The lowest BCUT2D eigenvalue weighted by Gasteiger charge is -2.19. The molecule has 0 saturated carbocycles. The zero-order valence-electron chi connectivity index (χ0n) is 14.0. The van der Waals surface area contributed by atoms with E-state index in [-0.39, 0.29) is 17.2 Å². The second-order valence-electron chi connectivity index (χ2n) is 5.59. The van der Waals surface area contributed by atoms with Crippen molar-refractivity contribution in [3.05, 3.63) is 53.3 Å². The molecule has 4 nitrogen and oxygen atoms in total. The van der Waals surface area contributed by atoms with Crippen molar-refractivity contribution in [2.75, 3.05) is 0 Å². The molecule has 0 aliphatic rings. The fraction of sp³-hybridized carbons (Fsp3) is 0.389. The lowest BCUT2D eigenvalue weighted by atomic mass is 10.1. The van der Waals surface area contributed by atoms with Crippen molar-refractivity contribution in [1.82, 2.24) is 15.3 Å². The molecule has 0 saturated heterocycles. The maximum absolute atomic E-state index is 12.5. The summed E-state index contributed by atoms with van der Waals surface area (Å²) < 4.78 is 0. The summed E-state index contributed by atoms with van der Waals surface area (Å²) >= 11 is 1.43. The number of rotatable bonds is 6. The average Bonchev–Trinajstić information content (AvgIpc) is 2.52. The van der Waals surface area contributed by atoms with Gasteiger partial charge in [0.2, 0.25) is 5.91 Å². The molecule has 2 atom stereocenters. The van der Waals surface area contributed by atoms with Crippen LogP contribution in [0.15, 0.2) is 41.6 Å². The van der Waals surface area contributed by atoms with E-state index in [0.29, 0.717) is 5.16 Å². The summed E-state index contributed by atoms with van der Waals surface area (Å²) in [5, 5.41) is 3.55. The maximum Gasteiger partial charge on any atom is 0.234 e. The van der Waals surface area contributed by atoms with Crippen molar-refractivity contribution in [3.8, 4) is 0 Å². The van der Waals surface area contributed by atoms with Crippen molar-refractivity contribution in [2.45, 2.75) is 50.6 Å². The molecule has 23 heavy (non-hydrogen) atoms. The average molecular weight is 329 g/mol. The Morgan fingerprint density at radius 1 is 1.17 bits per heavy atom. The minimum atomic E-state index is -0.192. The third-order valence-corrected chi connectivity index (χ3v) is 4.76. The molecule has 0 aliphatic heterocycles. The molecule has 5 heteroatoms. The molecule has 2 rings (SSSR count). The third-order valence-electron chi connectivity index (χ3n) is 3.53. The fourth-order valence-corrected chi connectivity index (χ4v) is 3.32. The second-order valence-corrected chi connectivity index (χ2v) is 6.76. The van der Waals surface area contributed by atoms with Crippen LogP contribution in [0.4, 0.5) is 0 Å². The molecule has 0 aliphatic carbocycles. The van der Waals surface area contributed by atoms with Crippen LogP contribution in [0.25, 0.3) is 0 Å². The van der Waals surface area contributed by atoms with Crippen molar-refractivity contribution in [3.63, 3.8) is 0 Å². The van der Waals surface area contributed by atoms with Gasteiger partial charge in [-0.3, -0.25) is 4.79 Å². The van der Waals surface area contributed by atoms with Crippen LogP contribution in [-0.2, 0) is 4.79 Å². The maximum atomic E-state index is 12.5. The van der Waals surface area contributed by atoms with Crippen molar-refractivity contribution >= 4 is 17.7 Å². The number of benzene rings is 1. The van der Waals surface area contributed by atoms with E-state index in [2.05, 4.69) is 15.3 Å². The normalized spacial score (nSPS) is 13.4. The van der Waals surface area contributed by atoms with Gasteiger partial charge in [-0.15, -0.1) is 0 Å². The predicted octanol–water partition coefficient (Wildman–Crippen LogP) is 3.84. The first kappa shape index (κ1) is 17.5. The molecule has 0 bridgehead atoms. The van der Waals surface area contributed by atoms with Crippen LogP contribution >= 0.6 is 11.8 Å². The van der Waals surface area contributed by atoms with Crippen LogP contribution in [0.2, 0.25) is 0 Å². The van der Waals surface area contributed by atoms with E-state index in [9.17, 15) is 4.79 Å². The Labute approximate surface area is 142 Å². The summed E-state index contributed by atoms with van der Waals surface area (Å²) in [6, 6.07) is 11.9. The molecule has 0 radical (unpaired) electrons. The first-order valence-electron chi connectivity index (χ1n) is 7.84. The number of hydrogen-bond donors (Lipinski definition) is 1. The zero-order chi connectivity index (χ0) is 16.8. The van der Waals surface area contributed by atoms with Gasteiger partial charge in [0.15, 0.2) is 5.16 Å². The van der Waals surface area contributed by atoms with E-state index in [1.165, 1.54) is 11.8 Å². The second kappa shape index (κ2) is 8.11. The summed E-state index contributed by atoms with van der Waals surface area (Å²) in [7, 11) is 0. The molecule has 1 heterocycles. The lowest BCUT2D eigenvalue weighted by Crippen LogP contribution is -2.34. The molecule has 0 fully saturated rings. The smallest absolute Gasteiger partial charge is 0.234 e. The first-order valence-corrected chi connectivity index (χ1v) is 8.71. The number of aromatic nitrogens is 2. The number of hydrogen-bond acceptors (Lipinski definition) is 4. The van der Waals surface area contributed by atoms with Crippen LogP contribution in [0, 0.1) is 13.8 Å². The summed E-state index contributed by atoms with van der Waals surface area (Å²) in [6.45, 7) is 7.89. The minimum Gasteiger partial charge on any atom is -0.349 e. The highest BCUT2D eigenvalue weighted by molar-refractivity contribution is 8.00. The highest BCUT2D eigenvalue weighted by Crippen LogP contribution is 2.24. The van der Waals surface area contributed by atoms with E-state index in [1.54, 1.807) is 0 Å². The number of thioether (sulfide) groups is 1. The molecule has 2 aromatic rings. The largest absolute Gasteiger partial charge is 0.349 e. The van der Waals surface area contributed by atoms with Gasteiger partial charge < -0.3 is 5.32 Å². The van der Waals surface area contributed by atoms with Crippen LogP contribution < -0.4 is 5.32 Å². The van der Waals surface area contributed by atoms with Gasteiger partial charge in [0, 0.05) is 11.4 Å². The van der Waals surface area contributed by atoms with E-state index in [0.717, 1.165) is 23.4 Å². The van der Waals surface area contributed by atoms with Gasteiger partial charge in [0.25, 0.3) is 0 Å². The zero-order valence-corrected chi connectivity index (χ0v) is 14.9. The van der Waals surface area contributed by atoms with Crippen LogP contribution in [0.5, 0.6) is 0 Å². The number of amides is 1. The summed E-state index contributed by atoms with van der Waals surface area (Å²) in [5.41, 5.74) is 2.95. The van der Waals surface area contributed by atoms with E-state index in [4.69, 9.17) is 0 Å². The van der Waals surface area contributed by atoms with Crippen LogP contribution in [-0.4, -0.2) is 21.1 Å². The van der Waals surface area contributed by atoms with E-state index in [1.807, 2.05) is 64.1 Å². The Balaban J connectivity index is 2.03.